The standard InChI is InChI=1S/C33H40N2O3/c1-21(2)27-15-11-8-12-16-29(27)26-17-19-28(22(3)4)30(20-18-26)32-31(23(5)35-38-32)34-33(36)37-24(6)25-13-9-7-10-14-25/h7-10,12-14,16-18,20-22,24,27H,11,15,19H2,1-6H3,(H,34,36). The van der Waals surface area contributed by atoms with E-state index in [1.54, 1.807) is 0 Å². The van der Waals surface area contributed by atoms with Crippen LogP contribution in [0.3, 0.4) is 0 Å². The minimum atomic E-state index is -0.535. The first-order chi connectivity index (χ1) is 18.3. The van der Waals surface area contributed by atoms with Crippen molar-refractivity contribution in [3.8, 4) is 0 Å². The van der Waals surface area contributed by atoms with Crippen LogP contribution in [-0.4, -0.2) is 11.2 Å². The Morgan fingerprint density at radius 2 is 1.87 bits per heavy atom. The molecule has 2 atom stereocenters. The molecule has 0 saturated heterocycles. The minimum Gasteiger partial charge on any atom is -0.441 e. The molecule has 1 amide bonds. The Morgan fingerprint density at radius 1 is 1.11 bits per heavy atom. The zero-order valence-corrected chi connectivity index (χ0v) is 23.5. The molecule has 1 aromatic carbocycles. The molecule has 0 spiro atoms. The zero-order valence-electron chi connectivity index (χ0n) is 23.5. The number of amides is 1. The van der Waals surface area contributed by atoms with Crippen LogP contribution in [0.25, 0.3) is 5.57 Å². The molecule has 2 aromatic rings. The minimum absolute atomic E-state index is 0.289. The van der Waals surface area contributed by atoms with Gasteiger partial charge < -0.3 is 9.26 Å². The van der Waals surface area contributed by atoms with E-state index in [-0.39, 0.29) is 12.0 Å². The van der Waals surface area contributed by atoms with Gasteiger partial charge in [0, 0.05) is 5.57 Å². The van der Waals surface area contributed by atoms with E-state index in [9.17, 15) is 4.79 Å². The SMILES string of the molecule is Cc1noc(C2=C(C(C)C)CC=C(C3=CC=CCCC3C(C)C)C=C2)c1NC(=O)OC(C)c1ccccc1. The normalized spacial score (nSPS) is 18.7. The predicted molar refractivity (Wildman–Crippen MR) is 155 cm³/mol. The van der Waals surface area contributed by atoms with Crippen molar-refractivity contribution in [2.24, 2.45) is 17.8 Å². The van der Waals surface area contributed by atoms with Gasteiger partial charge in [0.1, 0.15) is 17.5 Å². The van der Waals surface area contributed by atoms with E-state index in [1.807, 2.05) is 44.2 Å². The largest absolute Gasteiger partial charge is 0.441 e. The molecule has 2 aliphatic carbocycles. The van der Waals surface area contributed by atoms with Gasteiger partial charge in [-0.2, -0.15) is 0 Å². The van der Waals surface area contributed by atoms with Gasteiger partial charge >= 0.3 is 6.09 Å². The van der Waals surface area contributed by atoms with Gasteiger partial charge in [-0.1, -0.05) is 105 Å². The molecular weight excluding hydrogens is 472 g/mol. The van der Waals surface area contributed by atoms with E-state index in [4.69, 9.17) is 9.26 Å². The summed E-state index contributed by atoms with van der Waals surface area (Å²) >= 11 is 0. The second-order valence-corrected chi connectivity index (χ2v) is 10.8. The fraction of sp³-hybridized carbons (Fsp3) is 0.394. The highest BCUT2D eigenvalue weighted by Crippen LogP contribution is 2.39. The summed E-state index contributed by atoms with van der Waals surface area (Å²) in [6.45, 7) is 12.7. The summed E-state index contributed by atoms with van der Waals surface area (Å²) in [6.07, 6.45) is 15.5. The lowest BCUT2D eigenvalue weighted by atomic mass is 9.81. The smallest absolute Gasteiger partial charge is 0.412 e. The van der Waals surface area contributed by atoms with Crippen molar-refractivity contribution in [1.82, 2.24) is 5.16 Å². The highest BCUT2D eigenvalue weighted by atomic mass is 16.6. The molecule has 5 nitrogen and oxygen atoms in total. The molecule has 0 radical (unpaired) electrons. The summed E-state index contributed by atoms with van der Waals surface area (Å²) in [5, 5.41) is 7.13. The van der Waals surface area contributed by atoms with Gasteiger partial charge in [0.15, 0.2) is 5.76 Å². The molecule has 0 fully saturated rings. The van der Waals surface area contributed by atoms with Gasteiger partial charge in [0.05, 0.1) is 0 Å². The van der Waals surface area contributed by atoms with Crippen LogP contribution in [0, 0.1) is 24.7 Å². The van der Waals surface area contributed by atoms with Crippen LogP contribution >= 0.6 is 0 Å². The van der Waals surface area contributed by atoms with Crippen molar-refractivity contribution in [2.75, 3.05) is 5.32 Å². The summed E-state index contributed by atoms with van der Waals surface area (Å²) in [5.41, 5.74) is 6.94. The maximum absolute atomic E-state index is 12.9. The Kier molecular flexibility index (Phi) is 8.88. The number of carbonyl (C=O) groups is 1. The number of nitrogens with zero attached hydrogens (tertiary/aromatic N) is 1. The van der Waals surface area contributed by atoms with Crippen molar-refractivity contribution in [3.63, 3.8) is 0 Å². The number of hydrogen-bond donors (Lipinski definition) is 1. The molecule has 2 unspecified atom stereocenters. The van der Waals surface area contributed by atoms with Crippen molar-refractivity contribution in [2.45, 2.75) is 66.9 Å². The van der Waals surface area contributed by atoms with Gasteiger partial charge in [-0.25, -0.2) is 4.79 Å². The molecule has 0 aliphatic heterocycles. The van der Waals surface area contributed by atoms with Crippen molar-refractivity contribution in [1.29, 1.82) is 0 Å². The van der Waals surface area contributed by atoms with E-state index in [1.165, 1.54) is 16.7 Å². The fourth-order valence-corrected chi connectivity index (χ4v) is 5.27. The molecule has 38 heavy (non-hydrogen) atoms. The van der Waals surface area contributed by atoms with Crippen LogP contribution < -0.4 is 5.32 Å². The third-order valence-corrected chi connectivity index (χ3v) is 7.50. The number of allylic oxidation sites excluding steroid dienone is 10. The lowest BCUT2D eigenvalue weighted by Crippen LogP contribution is -2.17. The second kappa shape index (κ2) is 12.3. The molecule has 0 saturated carbocycles. The molecule has 1 N–H and O–H groups in total. The lowest BCUT2D eigenvalue weighted by molar-refractivity contribution is 0.121. The number of anilines is 1. The average molecular weight is 513 g/mol. The van der Waals surface area contributed by atoms with Crippen molar-refractivity contribution in [3.05, 3.63) is 101 Å². The Morgan fingerprint density at radius 3 is 2.58 bits per heavy atom. The fourth-order valence-electron chi connectivity index (χ4n) is 5.27. The predicted octanol–water partition coefficient (Wildman–Crippen LogP) is 9.14. The average Bonchev–Trinajstić information content (AvgIpc) is 3.08. The van der Waals surface area contributed by atoms with Crippen LogP contribution in [0.5, 0.6) is 0 Å². The Balaban J connectivity index is 1.62. The van der Waals surface area contributed by atoms with Gasteiger partial charge in [-0.3, -0.25) is 5.32 Å². The number of carbonyl (C=O) groups excluding carboxylic acids is 1. The number of aromatic nitrogens is 1. The monoisotopic (exact) mass is 512 g/mol. The topological polar surface area (TPSA) is 64.4 Å². The maximum atomic E-state index is 12.9. The summed E-state index contributed by atoms with van der Waals surface area (Å²) in [7, 11) is 0. The molecule has 200 valence electrons. The Hall–Kier alpha value is -3.60. The molecule has 1 aromatic heterocycles. The second-order valence-electron chi connectivity index (χ2n) is 10.8. The van der Waals surface area contributed by atoms with Gasteiger partial charge in [0.25, 0.3) is 0 Å². The highest BCUT2D eigenvalue weighted by Gasteiger charge is 2.26. The van der Waals surface area contributed by atoms with Crippen LogP contribution in [-0.2, 0) is 4.74 Å². The van der Waals surface area contributed by atoms with E-state index in [0.29, 0.717) is 29.0 Å². The maximum Gasteiger partial charge on any atom is 0.412 e. The molecule has 0 bridgehead atoms. The van der Waals surface area contributed by atoms with E-state index in [2.05, 4.69) is 74.6 Å². The molecular formula is C33H40N2O3. The van der Waals surface area contributed by atoms with Crippen LogP contribution in [0.15, 0.2) is 88.0 Å². The Labute approximate surface area is 227 Å². The first kappa shape index (κ1) is 27.4. The number of nitrogens with one attached hydrogen (secondary N) is 1. The van der Waals surface area contributed by atoms with E-state index < -0.39 is 6.09 Å². The number of ether oxygens (including phenoxy) is 1. The Bertz CT molecular complexity index is 1290. The third-order valence-electron chi connectivity index (χ3n) is 7.50. The highest BCUT2D eigenvalue weighted by molar-refractivity contribution is 5.92. The van der Waals surface area contributed by atoms with Gasteiger partial charge in [-0.15, -0.1) is 0 Å². The summed E-state index contributed by atoms with van der Waals surface area (Å²) in [4.78, 5) is 12.9. The lowest BCUT2D eigenvalue weighted by Gasteiger charge is -2.24. The first-order valence-electron chi connectivity index (χ1n) is 13.7. The van der Waals surface area contributed by atoms with Crippen LogP contribution in [0.1, 0.15) is 77.0 Å². The van der Waals surface area contributed by atoms with E-state index >= 15 is 0 Å². The number of aryl methyl sites for hydroxylation is 1. The molecule has 1 heterocycles. The van der Waals surface area contributed by atoms with Crippen LogP contribution in [0.2, 0.25) is 0 Å². The number of rotatable bonds is 7. The zero-order chi connectivity index (χ0) is 27.2. The molecule has 2 aliphatic rings. The summed E-state index contributed by atoms with van der Waals surface area (Å²) in [6, 6.07) is 9.69. The van der Waals surface area contributed by atoms with Crippen molar-refractivity contribution >= 4 is 17.4 Å². The first-order valence-corrected chi connectivity index (χ1v) is 13.7. The number of benzene rings is 1. The van der Waals surface area contributed by atoms with E-state index in [0.717, 1.165) is 30.4 Å². The molecule has 5 heteroatoms. The van der Waals surface area contributed by atoms with Crippen LogP contribution in [0.4, 0.5) is 10.5 Å². The summed E-state index contributed by atoms with van der Waals surface area (Å²) in [5.74, 6) is 1.93. The number of hydrogen-bond acceptors (Lipinski definition) is 4. The third kappa shape index (κ3) is 6.27. The van der Waals surface area contributed by atoms with Gasteiger partial charge in [0.2, 0.25) is 0 Å². The van der Waals surface area contributed by atoms with Gasteiger partial charge in [-0.05, 0) is 67.6 Å². The molecule has 4 rings (SSSR count). The summed E-state index contributed by atoms with van der Waals surface area (Å²) < 4.78 is 11.5. The quantitative estimate of drug-likeness (QED) is 0.402. The van der Waals surface area contributed by atoms with Crippen molar-refractivity contribution < 1.29 is 14.1 Å².